The summed E-state index contributed by atoms with van der Waals surface area (Å²) in [6.45, 7) is 4.65. The van der Waals surface area contributed by atoms with E-state index >= 15 is 0 Å². The van der Waals surface area contributed by atoms with Gasteiger partial charge in [-0.3, -0.25) is 0 Å². The molecule has 13 heavy (non-hydrogen) atoms. The maximum absolute atomic E-state index is 5.37. The van der Waals surface area contributed by atoms with Gasteiger partial charge < -0.3 is 4.74 Å². The van der Waals surface area contributed by atoms with Crippen LogP contribution in [0.15, 0.2) is 40.6 Å². The standard InChI is InChI=1S/C11H13BrO/c1-9(2)7-13-8-10-5-3-4-6-11(10)12/h3-7H,8H2,1-2H3. The topological polar surface area (TPSA) is 9.23 Å². The summed E-state index contributed by atoms with van der Waals surface area (Å²) in [5.74, 6) is 0. The van der Waals surface area contributed by atoms with Crippen LogP contribution in [0.4, 0.5) is 0 Å². The Hall–Kier alpha value is -0.760. The van der Waals surface area contributed by atoms with Crippen LogP contribution in [0.2, 0.25) is 0 Å². The maximum atomic E-state index is 5.37. The normalized spacial score (nSPS) is 9.46. The number of hydrogen-bond donors (Lipinski definition) is 0. The van der Waals surface area contributed by atoms with Crippen LogP contribution in [0.5, 0.6) is 0 Å². The second-order valence-electron chi connectivity index (χ2n) is 3.10. The van der Waals surface area contributed by atoms with Crippen molar-refractivity contribution in [2.75, 3.05) is 0 Å². The zero-order chi connectivity index (χ0) is 9.68. The predicted octanol–water partition coefficient (Wildman–Crippen LogP) is 3.89. The van der Waals surface area contributed by atoms with Crippen molar-refractivity contribution in [1.82, 2.24) is 0 Å². The summed E-state index contributed by atoms with van der Waals surface area (Å²) in [4.78, 5) is 0. The first-order valence-corrected chi connectivity index (χ1v) is 4.98. The molecular formula is C11H13BrO. The van der Waals surface area contributed by atoms with E-state index in [1.54, 1.807) is 6.26 Å². The van der Waals surface area contributed by atoms with Crippen molar-refractivity contribution in [3.63, 3.8) is 0 Å². The molecule has 1 rings (SSSR count). The quantitative estimate of drug-likeness (QED) is 0.729. The molecule has 70 valence electrons. The fourth-order valence-corrected chi connectivity index (χ4v) is 1.31. The largest absolute Gasteiger partial charge is 0.497 e. The molecule has 0 aliphatic carbocycles. The molecule has 1 nitrogen and oxygen atoms in total. The highest BCUT2D eigenvalue weighted by Gasteiger charge is 1.96. The van der Waals surface area contributed by atoms with Crippen molar-refractivity contribution in [2.45, 2.75) is 20.5 Å². The lowest BCUT2D eigenvalue weighted by atomic mass is 10.2. The lowest BCUT2D eigenvalue weighted by molar-refractivity contribution is 0.233. The molecule has 1 aromatic carbocycles. The van der Waals surface area contributed by atoms with Gasteiger partial charge in [0.25, 0.3) is 0 Å². The SMILES string of the molecule is CC(C)=COCc1ccccc1Br. The van der Waals surface area contributed by atoms with Gasteiger partial charge in [-0.05, 0) is 25.5 Å². The van der Waals surface area contributed by atoms with Crippen LogP contribution in [0, 0.1) is 0 Å². The molecule has 0 aliphatic rings. The van der Waals surface area contributed by atoms with Gasteiger partial charge in [0.1, 0.15) is 6.61 Å². The van der Waals surface area contributed by atoms with Crippen LogP contribution in [-0.4, -0.2) is 0 Å². The molecule has 0 radical (unpaired) electrons. The Bertz CT molecular complexity index is 301. The molecule has 0 saturated carbocycles. The van der Waals surface area contributed by atoms with Gasteiger partial charge in [0.15, 0.2) is 0 Å². The number of allylic oxidation sites excluding steroid dienone is 1. The van der Waals surface area contributed by atoms with Gasteiger partial charge in [-0.2, -0.15) is 0 Å². The average molecular weight is 241 g/mol. The van der Waals surface area contributed by atoms with Crippen molar-refractivity contribution in [1.29, 1.82) is 0 Å². The molecule has 0 heterocycles. The number of rotatable bonds is 3. The molecule has 0 aromatic heterocycles. The number of ether oxygens (including phenoxy) is 1. The van der Waals surface area contributed by atoms with E-state index in [0.717, 1.165) is 4.47 Å². The molecule has 0 amide bonds. The number of halogens is 1. The summed E-state index contributed by atoms with van der Waals surface area (Å²) >= 11 is 3.46. The Balaban J connectivity index is 2.55. The van der Waals surface area contributed by atoms with E-state index in [1.807, 2.05) is 38.1 Å². The summed E-state index contributed by atoms with van der Waals surface area (Å²) < 4.78 is 6.46. The Morgan fingerprint density at radius 2 is 2.08 bits per heavy atom. The predicted molar refractivity (Wildman–Crippen MR) is 58.4 cm³/mol. The van der Waals surface area contributed by atoms with Gasteiger partial charge in [0.2, 0.25) is 0 Å². The smallest absolute Gasteiger partial charge is 0.113 e. The first-order valence-electron chi connectivity index (χ1n) is 4.18. The van der Waals surface area contributed by atoms with E-state index in [1.165, 1.54) is 11.1 Å². The van der Waals surface area contributed by atoms with Crippen LogP contribution in [0.3, 0.4) is 0 Å². The highest BCUT2D eigenvalue weighted by molar-refractivity contribution is 9.10. The second kappa shape index (κ2) is 5.07. The van der Waals surface area contributed by atoms with Crippen LogP contribution in [0.1, 0.15) is 19.4 Å². The fraction of sp³-hybridized carbons (Fsp3) is 0.273. The zero-order valence-electron chi connectivity index (χ0n) is 7.88. The molecule has 2 heteroatoms. The monoisotopic (exact) mass is 240 g/mol. The Labute approximate surface area is 87.5 Å². The average Bonchev–Trinajstić information content (AvgIpc) is 2.08. The first kappa shape index (κ1) is 10.3. The summed E-state index contributed by atoms with van der Waals surface area (Å²) in [7, 11) is 0. The van der Waals surface area contributed by atoms with E-state index in [0.29, 0.717) is 6.61 Å². The third-order valence-corrected chi connectivity index (χ3v) is 2.29. The fourth-order valence-electron chi connectivity index (χ4n) is 0.914. The van der Waals surface area contributed by atoms with E-state index < -0.39 is 0 Å². The van der Waals surface area contributed by atoms with Gasteiger partial charge in [-0.25, -0.2) is 0 Å². The molecular weight excluding hydrogens is 228 g/mol. The summed E-state index contributed by atoms with van der Waals surface area (Å²) in [6.07, 6.45) is 1.78. The Morgan fingerprint density at radius 1 is 1.38 bits per heavy atom. The van der Waals surface area contributed by atoms with Gasteiger partial charge in [-0.1, -0.05) is 34.1 Å². The second-order valence-corrected chi connectivity index (χ2v) is 3.95. The first-order chi connectivity index (χ1) is 6.20. The van der Waals surface area contributed by atoms with E-state index in [9.17, 15) is 0 Å². The molecule has 0 saturated heterocycles. The highest BCUT2D eigenvalue weighted by Crippen LogP contribution is 2.16. The molecule has 0 bridgehead atoms. The molecule has 0 N–H and O–H groups in total. The molecule has 0 unspecified atom stereocenters. The van der Waals surface area contributed by atoms with E-state index in [2.05, 4.69) is 15.9 Å². The Morgan fingerprint density at radius 3 is 2.69 bits per heavy atom. The number of hydrogen-bond acceptors (Lipinski definition) is 1. The van der Waals surface area contributed by atoms with Gasteiger partial charge in [-0.15, -0.1) is 0 Å². The molecule has 0 spiro atoms. The van der Waals surface area contributed by atoms with Gasteiger partial charge in [0.05, 0.1) is 6.26 Å². The number of benzene rings is 1. The minimum atomic E-state index is 0.618. The zero-order valence-corrected chi connectivity index (χ0v) is 9.47. The Kier molecular flexibility index (Phi) is 4.03. The molecule has 0 fully saturated rings. The molecule has 0 atom stereocenters. The van der Waals surface area contributed by atoms with Crippen molar-refractivity contribution >= 4 is 15.9 Å². The maximum Gasteiger partial charge on any atom is 0.113 e. The summed E-state index contributed by atoms with van der Waals surface area (Å²) in [5, 5.41) is 0. The van der Waals surface area contributed by atoms with Gasteiger partial charge >= 0.3 is 0 Å². The van der Waals surface area contributed by atoms with E-state index in [4.69, 9.17) is 4.74 Å². The van der Waals surface area contributed by atoms with Gasteiger partial charge in [0, 0.05) is 10.0 Å². The third kappa shape index (κ3) is 3.64. The summed E-state index contributed by atoms with van der Waals surface area (Å²) in [6, 6.07) is 8.06. The van der Waals surface area contributed by atoms with Crippen molar-refractivity contribution in [2.24, 2.45) is 0 Å². The minimum Gasteiger partial charge on any atom is -0.497 e. The van der Waals surface area contributed by atoms with Crippen LogP contribution in [-0.2, 0) is 11.3 Å². The van der Waals surface area contributed by atoms with Crippen LogP contribution in [0.25, 0.3) is 0 Å². The minimum absolute atomic E-state index is 0.618. The summed E-state index contributed by atoms with van der Waals surface area (Å²) in [5.41, 5.74) is 2.34. The van der Waals surface area contributed by atoms with Crippen molar-refractivity contribution < 1.29 is 4.74 Å². The van der Waals surface area contributed by atoms with Crippen molar-refractivity contribution in [3.8, 4) is 0 Å². The lowest BCUT2D eigenvalue weighted by Crippen LogP contribution is -1.87. The lowest BCUT2D eigenvalue weighted by Gasteiger charge is -2.03. The van der Waals surface area contributed by atoms with Crippen LogP contribution < -0.4 is 0 Å². The van der Waals surface area contributed by atoms with Crippen LogP contribution >= 0.6 is 15.9 Å². The van der Waals surface area contributed by atoms with E-state index in [-0.39, 0.29) is 0 Å². The third-order valence-electron chi connectivity index (χ3n) is 1.52. The highest BCUT2D eigenvalue weighted by atomic mass is 79.9. The molecule has 0 aliphatic heterocycles. The molecule has 1 aromatic rings. The van der Waals surface area contributed by atoms with Crippen molar-refractivity contribution in [3.05, 3.63) is 46.1 Å².